The van der Waals surface area contributed by atoms with Crippen molar-refractivity contribution in [3.8, 4) is 17.2 Å². The minimum absolute atomic E-state index is 0.0475. The Hall–Kier alpha value is -2.78. The number of amides is 1. The highest BCUT2D eigenvalue weighted by Gasteiger charge is 2.18. The first-order valence-corrected chi connectivity index (χ1v) is 10.4. The van der Waals surface area contributed by atoms with Gasteiger partial charge in [-0.05, 0) is 43.2 Å². The Morgan fingerprint density at radius 2 is 1.55 bits per heavy atom. The van der Waals surface area contributed by atoms with Crippen LogP contribution in [-0.2, 0) is 10.0 Å². The second-order valence-electron chi connectivity index (χ2n) is 6.34. The second-order valence-corrected chi connectivity index (χ2v) is 8.07. The lowest BCUT2D eigenvalue weighted by atomic mass is 10.1. The van der Waals surface area contributed by atoms with Gasteiger partial charge in [0, 0.05) is 18.7 Å². The summed E-state index contributed by atoms with van der Waals surface area (Å²) >= 11 is 0. The molecule has 2 N–H and O–H groups in total. The number of carbonyl (C=O) groups is 1. The van der Waals surface area contributed by atoms with E-state index in [4.69, 9.17) is 14.2 Å². The van der Waals surface area contributed by atoms with Crippen LogP contribution < -0.4 is 24.2 Å². The van der Waals surface area contributed by atoms with Crippen LogP contribution in [0.15, 0.2) is 35.2 Å². The third kappa shape index (κ3) is 5.39. The Kier molecular flexibility index (Phi) is 7.46. The number of hydrogen-bond donors (Lipinski definition) is 2. The molecule has 0 saturated carbocycles. The molecule has 9 heteroatoms. The molecule has 0 spiro atoms. The number of hydrogen-bond acceptors (Lipinski definition) is 6. The van der Waals surface area contributed by atoms with Crippen molar-refractivity contribution in [3.63, 3.8) is 0 Å². The summed E-state index contributed by atoms with van der Waals surface area (Å²) in [5, 5.41) is 2.67. The number of sulfonamides is 1. The van der Waals surface area contributed by atoms with E-state index in [1.807, 2.05) is 13.0 Å². The lowest BCUT2D eigenvalue weighted by Crippen LogP contribution is -2.35. The highest BCUT2D eigenvalue weighted by Crippen LogP contribution is 2.38. The van der Waals surface area contributed by atoms with Gasteiger partial charge in [-0.2, -0.15) is 0 Å². The van der Waals surface area contributed by atoms with E-state index >= 15 is 0 Å². The molecule has 0 fully saturated rings. The van der Waals surface area contributed by atoms with Gasteiger partial charge in [0.05, 0.1) is 26.2 Å². The predicted octanol–water partition coefficient (Wildman–Crippen LogP) is 2.04. The standard InChI is InChI=1S/C20H26N2O6S/c1-13-6-7-14(2)18(10-13)29(24,25)22-9-8-21-20(23)15-11-16(26-3)19(28-5)17(12-15)27-4/h6-7,10-12,22H,8-9H2,1-5H3,(H,21,23). The number of benzene rings is 2. The number of ether oxygens (including phenoxy) is 3. The molecule has 158 valence electrons. The van der Waals surface area contributed by atoms with E-state index in [0.717, 1.165) is 5.56 Å². The molecule has 0 aromatic heterocycles. The van der Waals surface area contributed by atoms with Crippen molar-refractivity contribution in [3.05, 3.63) is 47.0 Å². The van der Waals surface area contributed by atoms with Crippen LogP contribution in [0.3, 0.4) is 0 Å². The fourth-order valence-electron chi connectivity index (χ4n) is 2.75. The zero-order valence-corrected chi connectivity index (χ0v) is 18.0. The van der Waals surface area contributed by atoms with Crippen molar-refractivity contribution in [1.82, 2.24) is 10.0 Å². The van der Waals surface area contributed by atoms with Gasteiger partial charge in [-0.3, -0.25) is 4.79 Å². The van der Waals surface area contributed by atoms with Crippen LogP contribution in [0, 0.1) is 13.8 Å². The first-order valence-electron chi connectivity index (χ1n) is 8.88. The third-order valence-electron chi connectivity index (χ3n) is 4.26. The largest absolute Gasteiger partial charge is 0.493 e. The molecule has 29 heavy (non-hydrogen) atoms. The molecular formula is C20H26N2O6S. The summed E-state index contributed by atoms with van der Waals surface area (Å²) in [5.74, 6) is 0.697. The summed E-state index contributed by atoms with van der Waals surface area (Å²) in [6.07, 6.45) is 0. The van der Waals surface area contributed by atoms with Crippen molar-refractivity contribution in [2.45, 2.75) is 18.7 Å². The highest BCUT2D eigenvalue weighted by molar-refractivity contribution is 7.89. The summed E-state index contributed by atoms with van der Waals surface area (Å²) < 4.78 is 43.2. The minimum atomic E-state index is -3.66. The molecule has 0 radical (unpaired) electrons. The zero-order chi connectivity index (χ0) is 21.6. The zero-order valence-electron chi connectivity index (χ0n) is 17.2. The molecule has 0 aliphatic heterocycles. The van der Waals surface area contributed by atoms with Crippen LogP contribution in [0.25, 0.3) is 0 Å². The quantitative estimate of drug-likeness (QED) is 0.600. The van der Waals surface area contributed by atoms with Gasteiger partial charge in [-0.25, -0.2) is 13.1 Å². The molecule has 2 aromatic rings. The Labute approximate surface area is 171 Å². The van der Waals surface area contributed by atoms with Crippen LogP contribution in [0.2, 0.25) is 0 Å². The van der Waals surface area contributed by atoms with Gasteiger partial charge in [0.1, 0.15) is 0 Å². The summed E-state index contributed by atoms with van der Waals surface area (Å²) in [6, 6.07) is 8.28. The summed E-state index contributed by atoms with van der Waals surface area (Å²) in [4.78, 5) is 12.7. The van der Waals surface area contributed by atoms with Gasteiger partial charge < -0.3 is 19.5 Å². The van der Waals surface area contributed by atoms with Crippen molar-refractivity contribution in [1.29, 1.82) is 0 Å². The van der Waals surface area contributed by atoms with Gasteiger partial charge in [0.15, 0.2) is 11.5 Å². The van der Waals surface area contributed by atoms with Gasteiger partial charge in [-0.1, -0.05) is 12.1 Å². The van der Waals surface area contributed by atoms with Crippen molar-refractivity contribution in [2.24, 2.45) is 0 Å². The second kappa shape index (κ2) is 9.62. The number of methoxy groups -OCH3 is 3. The molecule has 0 atom stereocenters. The highest BCUT2D eigenvalue weighted by atomic mass is 32.2. The molecule has 2 rings (SSSR count). The normalized spacial score (nSPS) is 11.1. The smallest absolute Gasteiger partial charge is 0.251 e. The van der Waals surface area contributed by atoms with Crippen LogP contribution in [0.1, 0.15) is 21.5 Å². The Balaban J connectivity index is 2.02. The summed E-state index contributed by atoms with van der Waals surface area (Å²) in [6.45, 7) is 3.72. The number of rotatable bonds is 9. The Bertz CT molecular complexity index is 963. The molecular weight excluding hydrogens is 396 g/mol. The predicted molar refractivity (Wildman–Crippen MR) is 110 cm³/mol. The number of aryl methyl sites for hydroxylation is 2. The van der Waals surface area contributed by atoms with Crippen LogP contribution in [0.4, 0.5) is 0 Å². The Morgan fingerprint density at radius 3 is 2.10 bits per heavy atom. The molecule has 0 bridgehead atoms. The van der Waals surface area contributed by atoms with Crippen molar-refractivity contribution < 1.29 is 27.4 Å². The van der Waals surface area contributed by atoms with Gasteiger partial charge in [0.25, 0.3) is 5.91 Å². The molecule has 0 saturated heterocycles. The molecule has 8 nitrogen and oxygen atoms in total. The number of carbonyl (C=O) groups excluding carboxylic acids is 1. The van der Waals surface area contributed by atoms with E-state index in [9.17, 15) is 13.2 Å². The van der Waals surface area contributed by atoms with Crippen LogP contribution in [0.5, 0.6) is 17.2 Å². The molecule has 1 amide bonds. The third-order valence-corrected chi connectivity index (χ3v) is 5.87. The fourth-order valence-corrected chi connectivity index (χ4v) is 4.11. The molecule has 0 aliphatic rings. The van der Waals surface area contributed by atoms with Crippen LogP contribution in [-0.4, -0.2) is 48.7 Å². The fraction of sp³-hybridized carbons (Fsp3) is 0.350. The SMILES string of the molecule is COc1cc(C(=O)NCCNS(=O)(=O)c2cc(C)ccc2C)cc(OC)c1OC. The van der Waals surface area contributed by atoms with Crippen molar-refractivity contribution in [2.75, 3.05) is 34.4 Å². The molecule has 0 heterocycles. The summed E-state index contributed by atoms with van der Waals surface area (Å²) in [7, 11) is 0.729. The van der Waals surface area contributed by atoms with E-state index < -0.39 is 15.9 Å². The van der Waals surface area contributed by atoms with Gasteiger partial charge in [0.2, 0.25) is 15.8 Å². The van der Waals surface area contributed by atoms with E-state index in [1.54, 1.807) is 19.1 Å². The van der Waals surface area contributed by atoms with Crippen LogP contribution >= 0.6 is 0 Å². The maximum Gasteiger partial charge on any atom is 0.251 e. The monoisotopic (exact) mass is 422 g/mol. The maximum absolute atomic E-state index is 12.5. The van der Waals surface area contributed by atoms with E-state index in [0.29, 0.717) is 28.4 Å². The van der Waals surface area contributed by atoms with E-state index in [1.165, 1.54) is 33.5 Å². The lowest BCUT2D eigenvalue weighted by molar-refractivity contribution is 0.0953. The summed E-state index contributed by atoms with van der Waals surface area (Å²) in [5.41, 5.74) is 1.81. The molecule has 2 aromatic carbocycles. The first kappa shape index (κ1) is 22.5. The maximum atomic E-state index is 12.5. The molecule has 0 unspecified atom stereocenters. The average Bonchev–Trinajstić information content (AvgIpc) is 2.71. The van der Waals surface area contributed by atoms with Gasteiger partial charge >= 0.3 is 0 Å². The number of nitrogens with one attached hydrogen (secondary N) is 2. The average molecular weight is 423 g/mol. The topological polar surface area (TPSA) is 103 Å². The molecule has 0 aliphatic carbocycles. The lowest BCUT2D eigenvalue weighted by Gasteiger charge is -2.14. The Morgan fingerprint density at radius 1 is 0.931 bits per heavy atom. The van der Waals surface area contributed by atoms with E-state index in [2.05, 4.69) is 10.0 Å². The van der Waals surface area contributed by atoms with Crippen molar-refractivity contribution >= 4 is 15.9 Å². The van der Waals surface area contributed by atoms with E-state index in [-0.39, 0.29) is 18.0 Å². The first-order chi connectivity index (χ1) is 13.7. The minimum Gasteiger partial charge on any atom is -0.493 e. The van der Waals surface area contributed by atoms with Gasteiger partial charge in [-0.15, -0.1) is 0 Å².